The lowest BCUT2D eigenvalue weighted by Crippen LogP contribution is -2.38. The minimum absolute atomic E-state index is 0.0786. The Hall–Kier alpha value is -3.13. The van der Waals surface area contributed by atoms with E-state index in [0.29, 0.717) is 6.54 Å². The summed E-state index contributed by atoms with van der Waals surface area (Å²) in [6.07, 6.45) is 7.50. The maximum atomic E-state index is 14.2. The van der Waals surface area contributed by atoms with Crippen LogP contribution in [-0.2, 0) is 17.8 Å². The molecular weight excluding hydrogens is 388 g/mol. The quantitative estimate of drug-likeness (QED) is 0.677. The van der Waals surface area contributed by atoms with Crippen molar-refractivity contribution >= 4 is 5.91 Å². The minimum atomic E-state index is -0.662. The van der Waals surface area contributed by atoms with Gasteiger partial charge >= 0.3 is 0 Å². The van der Waals surface area contributed by atoms with Gasteiger partial charge in [0.2, 0.25) is 5.91 Å². The van der Waals surface area contributed by atoms with Crippen LogP contribution in [0.25, 0.3) is 5.69 Å². The zero-order valence-electron chi connectivity index (χ0n) is 16.7. The molecule has 6 nitrogen and oxygen atoms in total. The maximum absolute atomic E-state index is 14.2. The second-order valence-electron chi connectivity index (χ2n) is 7.59. The van der Waals surface area contributed by atoms with Crippen molar-refractivity contribution in [3.05, 3.63) is 77.4 Å². The summed E-state index contributed by atoms with van der Waals surface area (Å²) >= 11 is 0. The third-order valence-electron chi connectivity index (χ3n) is 5.27. The number of pyridine rings is 1. The highest BCUT2D eigenvalue weighted by molar-refractivity contribution is 5.78. The Balaban J connectivity index is 1.45. The fourth-order valence-electron chi connectivity index (χ4n) is 3.91. The SMILES string of the molecule is CN(CC(=O)N[C@H]1CCCc2c1cnn2-c1ccc(F)cc1F)Cc1ccncc1. The first-order valence-corrected chi connectivity index (χ1v) is 9.90. The smallest absolute Gasteiger partial charge is 0.234 e. The van der Waals surface area contributed by atoms with Crippen molar-refractivity contribution in [2.24, 2.45) is 0 Å². The third kappa shape index (κ3) is 4.38. The molecule has 156 valence electrons. The van der Waals surface area contributed by atoms with E-state index in [-0.39, 0.29) is 24.2 Å². The number of nitrogens with one attached hydrogen (secondary N) is 1. The molecule has 0 bridgehead atoms. The minimum Gasteiger partial charge on any atom is -0.348 e. The summed E-state index contributed by atoms with van der Waals surface area (Å²) < 4.78 is 29.0. The molecule has 0 aliphatic heterocycles. The number of nitrogens with zero attached hydrogens (tertiary/aromatic N) is 4. The summed E-state index contributed by atoms with van der Waals surface area (Å²) in [4.78, 5) is 18.5. The molecule has 1 aromatic carbocycles. The van der Waals surface area contributed by atoms with Crippen LogP contribution in [0.1, 0.15) is 35.7 Å². The number of benzene rings is 1. The van der Waals surface area contributed by atoms with Gasteiger partial charge in [0.05, 0.1) is 18.8 Å². The van der Waals surface area contributed by atoms with E-state index >= 15 is 0 Å². The van der Waals surface area contributed by atoms with E-state index in [9.17, 15) is 13.6 Å². The second kappa shape index (κ2) is 8.71. The molecule has 0 spiro atoms. The summed E-state index contributed by atoms with van der Waals surface area (Å²) in [5.41, 5.74) is 3.03. The number of carbonyl (C=O) groups is 1. The predicted molar refractivity (Wildman–Crippen MR) is 108 cm³/mol. The molecule has 1 N–H and O–H groups in total. The Morgan fingerprint density at radius 2 is 2.07 bits per heavy atom. The zero-order valence-corrected chi connectivity index (χ0v) is 16.7. The van der Waals surface area contributed by atoms with Crippen molar-refractivity contribution in [3.8, 4) is 5.69 Å². The Morgan fingerprint density at radius 3 is 2.83 bits per heavy atom. The molecule has 8 heteroatoms. The lowest BCUT2D eigenvalue weighted by molar-refractivity contribution is -0.122. The van der Waals surface area contributed by atoms with Gasteiger partial charge in [-0.3, -0.25) is 14.7 Å². The monoisotopic (exact) mass is 411 g/mol. The van der Waals surface area contributed by atoms with Crippen molar-refractivity contribution in [2.75, 3.05) is 13.6 Å². The number of aromatic nitrogens is 3. The fourth-order valence-corrected chi connectivity index (χ4v) is 3.91. The normalized spacial score (nSPS) is 15.8. The lowest BCUT2D eigenvalue weighted by Gasteiger charge is -2.25. The first kappa shape index (κ1) is 20.2. The number of rotatable bonds is 6. The zero-order chi connectivity index (χ0) is 21.1. The molecule has 0 unspecified atom stereocenters. The molecule has 1 aliphatic rings. The van der Waals surface area contributed by atoms with Crippen molar-refractivity contribution < 1.29 is 13.6 Å². The predicted octanol–water partition coefficient (Wildman–Crippen LogP) is 3.17. The van der Waals surface area contributed by atoms with Gasteiger partial charge in [-0.2, -0.15) is 5.10 Å². The molecule has 1 aliphatic carbocycles. The van der Waals surface area contributed by atoms with Gasteiger partial charge in [0.25, 0.3) is 0 Å². The molecule has 0 radical (unpaired) electrons. The van der Waals surface area contributed by atoms with Crippen LogP contribution in [-0.4, -0.2) is 39.2 Å². The van der Waals surface area contributed by atoms with Crippen LogP contribution in [0.15, 0.2) is 48.9 Å². The molecule has 1 atom stereocenters. The Bertz CT molecular complexity index is 1040. The second-order valence-corrected chi connectivity index (χ2v) is 7.59. The van der Waals surface area contributed by atoms with E-state index in [1.807, 2.05) is 24.1 Å². The van der Waals surface area contributed by atoms with Gasteiger partial charge in [-0.1, -0.05) is 0 Å². The summed E-state index contributed by atoms with van der Waals surface area (Å²) in [5.74, 6) is -1.37. The van der Waals surface area contributed by atoms with Crippen LogP contribution in [0.2, 0.25) is 0 Å². The molecule has 3 aromatic rings. The lowest BCUT2D eigenvalue weighted by atomic mass is 9.93. The van der Waals surface area contributed by atoms with Gasteiger partial charge in [0, 0.05) is 36.3 Å². The van der Waals surface area contributed by atoms with Crippen molar-refractivity contribution in [2.45, 2.75) is 31.8 Å². The number of hydrogen-bond donors (Lipinski definition) is 1. The molecule has 0 fully saturated rings. The Kier molecular flexibility index (Phi) is 5.85. The number of halogens is 2. The van der Waals surface area contributed by atoms with Crippen LogP contribution in [0.5, 0.6) is 0 Å². The Labute approximate surface area is 173 Å². The van der Waals surface area contributed by atoms with E-state index in [4.69, 9.17) is 0 Å². The van der Waals surface area contributed by atoms with E-state index in [1.54, 1.807) is 18.6 Å². The third-order valence-corrected chi connectivity index (χ3v) is 5.27. The van der Waals surface area contributed by atoms with Gasteiger partial charge < -0.3 is 5.32 Å². The van der Waals surface area contributed by atoms with Crippen LogP contribution in [0.4, 0.5) is 8.78 Å². The van der Waals surface area contributed by atoms with Crippen LogP contribution >= 0.6 is 0 Å². The molecule has 1 amide bonds. The first-order chi connectivity index (χ1) is 14.5. The average Bonchev–Trinajstić information content (AvgIpc) is 3.13. The molecule has 2 aromatic heterocycles. The van der Waals surface area contributed by atoms with Gasteiger partial charge in [-0.25, -0.2) is 13.5 Å². The van der Waals surface area contributed by atoms with E-state index < -0.39 is 11.6 Å². The van der Waals surface area contributed by atoms with E-state index in [0.717, 1.165) is 42.1 Å². The van der Waals surface area contributed by atoms with E-state index in [1.165, 1.54) is 16.8 Å². The number of hydrogen-bond acceptors (Lipinski definition) is 4. The molecule has 30 heavy (non-hydrogen) atoms. The topological polar surface area (TPSA) is 63.1 Å². The summed E-state index contributed by atoms with van der Waals surface area (Å²) in [5, 5.41) is 7.40. The van der Waals surface area contributed by atoms with Crippen LogP contribution in [0.3, 0.4) is 0 Å². The largest absolute Gasteiger partial charge is 0.348 e. The highest BCUT2D eigenvalue weighted by atomic mass is 19.1. The number of likely N-dealkylation sites (N-methyl/N-ethyl adjacent to an activating group) is 1. The number of amides is 1. The van der Waals surface area contributed by atoms with Crippen molar-refractivity contribution in [3.63, 3.8) is 0 Å². The summed E-state index contributed by atoms with van der Waals surface area (Å²) in [6, 6.07) is 7.12. The van der Waals surface area contributed by atoms with Gasteiger partial charge in [0.15, 0.2) is 5.82 Å². The number of carbonyl (C=O) groups excluding carboxylic acids is 1. The molecule has 0 saturated heterocycles. The van der Waals surface area contributed by atoms with Crippen LogP contribution < -0.4 is 5.32 Å². The number of fused-ring (bicyclic) bond motifs is 1. The van der Waals surface area contributed by atoms with E-state index in [2.05, 4.69) is 15.4 Å². The highest BCUT2D eigenvalue weighted by Crippen LogP contribution is 2.31. The average molecular weight is 411 g/mol. The maximum Gasteiger partial charge on any atom is 0.234 e. The summed E-state index contributed by atoms with van der Waals surface area (Å²) in [7, 11) is 1.89. The van der Waals surface area contributed by atoms with Crippen molar-refractivity contribution in [1.82, 2.24) is 25.0 Å². The Morgan fingerprint density at radius 1 is 1.27 bits per heavy atom. The standard InChI is InChI=1S/C22H23F2N5O/c1-28(13-15-7-9-25-10-8-15)14-22(30)27-19-3-2-4-20-17(19)12-26-29(20)21-6-5-16(23)11-18(21)24/h5-12,19H,2-4,13-14H2,1H3,(H,27,30)/t19-/m0/s1. The molecule has 4 rings (SSSR count). The molecular formula is C22H23F2N5O. The van der Waals surface area contributed by atoms with Crippen LogP contribution in [0, 0.1) is 11.6 Å². The fraction of sp³-hybridized carbons (Fsp3) is 0.318. The molecule has 0 saturated carbocycles. The highest BCUT2D eigenvalue weighted by Gasteiger charge is 2.27. The van der Waals surface area contributed by atoms with Gasteiger partial charge in [-0.05, 0) is 56.1 Å². The van der Waals surface area contributed by atoms with Crippen molar-refractivity contribution in [1.29, 1.82) is 0 Å². The molecule has 2 heterocycles. The first-order valence-electron chi connectivity index (χ1n) is 9.90. The van der Waals surface area contributed by atoms with Gasteiger partial charge in [0.1, 0.15) is 11.5 Å². The van der Waals surface area contributed by atoms with Gasteiger partial charge in [-0.15, -0.1) is 0 Å². The summed E-state index contributed by atoms with van der Waals surface area (Å²) in [6.45, 7) is 0.905.